The lowest BCUT2D eigenvalue weighted by molar-refractivity contribution is -0.124. The van der Waals surface area contributed by atoms with Crippen molar-refractivity contribution in [1.29, 1.82) is 0 Å². The van der Waals surface area contributed by atoms with Crippen LogP contribution in [-0.2, 0) is 4.79 Å². The van der Waals surface area contributed by atoms with Crippen LogP contribution in [0.1, 0.15) is 31.5 Å². The van der Waals surface area contributed by atoms with Gasteiger partial charge in [0, 0.05) is 12.4 Å². The molecule has 6 nitrogen and oxygen atoms in total. The summed E-state index contributed by atoms with van der Waals surface area (Å²) in [5.41, 5.74) is 1.02. The molecule has 0 unspecified atom stereocenters. The topological polar surface area (TPSA) is 72.7 Å². The third-order valence-electron chi connectivity index (χ3n) is 2.78. The summed E-state index contributed by atoms with van der Waals surface area (Å²) >= 11 is 0. The fourth-order valence-corrected chi connectivity index (χ4v) is 1.61. The van der Waals surface area contributed by atoms with E-state index in [1.54, 1.807) is 19.3 Å². The number of carbonyl (C=O) groups excluding carboxylic acids is 1. The monoisotopic (exact) mass is 245 g/mol. The number of nitrogens with zero attached hydrogens (tertiary/aromatic N) is 4. The van der Waals surface area contributed by atoms with Crippen molar-refractivity contribution in [3.63, 3.8) is 0 Å². The number of hydrogen-bond acceptors (Lipinski definition) is 4. The summed E-state index contributed by atoms with van der Waals surface area (Å²) in [5.74, 6) is -0.0928. The van der Waals surface area contributed by atoms with E-state index >= 15 is 0 Å². The molecule has 1 N–H and O–H groups in total. The molecule has 2 atom stereocenters. The van der Waals surface area contributed by atoms with Gasteiger partial charge in [-0.2, -0.15) is 5.10 Å². The van der Waals surface area contributed by atoms with E-state index in [1.165, 1.54) is 17.3 Å². The highest BCUT2D eigenvalue weighted by molar-refractivity contribution is 5.80. The molecular weight excluding hydrogens is 230 g/mol. The Hall–Kier alpha value is -2.24. The fraction of sp³-hybridized carbons (Fsp3) is 0.333. The van der Waals surface area contributed by atoms with Crippen LogP contribution in [0.25, 0.3) is 0 Å². The van der Waals surface area contributed by atoms with Gasteiger partial charge in [0.2, 0.25) is 5.91 Å². The molecule has 0 saturated carbocycles. The SMILES string of the molecule is C[C@H](NC(=O)[C@@H](C)n1cncn1)c1ccncc1. The molecule has 2 heterocycles. The van der Waals surface area contributed by atoms with Gasteiger partial charge in [-0.1, -0.05) is 0 Å². The molecule has 94 valence electrons. The maximum absolute atomic E-state index is 12.0. The van der Waals surface area contributed by atoms with Gasteiger partial charge in [-0.05, 0) is 31.5 Å². The van der Waals surface area contributed by atoms with Crippen molar-refractivity contribution in [2.45, 2.75) is 25.9 Å². The Kier molecular flexibility index (Phi) is 3.66. The van der Waals surface area contributed by atoms with Crippen LogP contribution < -0.4 is 5.32 Å². The second kappa shape index (κ2) is 5.39. The van der Waals surface area contributed by atoms with Crippen LogP contribution in [0.5, 0.6) is 0 Å². The van der Waals surface area contributed by atoms with Crippen LogP contribution in [0.2, 0.25) is 0 Å². The van der Waals surface area contributed by atoms with Gasteiger partial charge < -0.3 is 5.32 Å². The Morgan fingerprint density at radius 1 is 1.28 bits per heavy atom. The number of hydrogen-bond donors (Lipinski definition) is 1. The summed E-state index contributed by atoms with van der Waals surface area (Å²) in [6.07, 6.45) is 6.36. The van der Waals surface area contributed by atoms with Gasteiger partial charge in [-0.3, -0.25) is 9.78 Å². The fourth-order valence-electron chi connectivity index (χ4n) is 1.61. The number of nitrogens with one attached hydrogen (secondary N) is 1. The van der Waals surface area contributed by atoms with E-state index in [4.69, 9.17) is 0 Å². The minimum absolute atomic E-state index is 0.0635. The van der Waals surface area contributed by atoms with Gasteiger partial charge in [0.1, 0.15) is 18.7 Å². The lowest BCUT2D eigenvalue weighted by Gasteiger charge is -2.17. The van der Waals surface area contributed by atoms with Crippen LogP contribution in [0, 0.1) is 0 Å². The van der Waals surface area contributed by atoms with E-state index in [2.05, 4.69) is 20.4 Å². The molecular formula is C12H15N5O. The second-order valence-corrected chi connectivity index (χ2v) is 4.06. The average Bonchev–Trinajstić information content (AvgIpc) is 2.92. The zero-order valence-electron chi connectivity index (χ0n) is 10.3. The van der Waals surface area contributed by atoms with Gasteiger partial charge in [-0.15, -0.1) is 0 Å². The number of aromatic nitrogens is 4. The van der Waals surface area contributed by atoms with E-state index < -0.39 is 0 Å². The van der Waals surface area contributed by atoms with Crippen molar-refractivity contribution < 1.29 is 4.79 Å². The largest absolute Gasteiger partial charge is 0.348 e. The molecule has 2 rings (SSSR count). The molecule has 0 spiro atoms. The van der Waals surface area contributed by atoms with Crippen molar-refractivity contribution in [2.75, 3.05) is 0 Å². The smallest absolute Gasteiger partial charge is 0.245 e. The molecule has 1 amide bonds. The van der Waals surface area contributed by atoms with Crippen LogP contribution in [0.3, 0.4) is 0 Å². The first-order chi connectivity index (χ1) is 8.68. The molecule has 2 aromatic heterocycles. The van der Waals surface area contributed by atoms with Crippen LogP contribution >= 0.6 is 0 Å². The second-order valence-electron chi connectivity index (χ2n) is 4.06. The molecule has 2 aromatic rings. The van der Waals surface area contributed by atoms with Crippen LogP contribution in [-0.4, -0.2) is 25.7 Å². The summed E-state index contributed by atoms with van der Waals surface area (Å²) in [5, 5.41) is 6.88. The van der Waals surface area contributed by atoms with E-state index in [1.807, 2.05) is 19.1 Å². The molecule has 0 aliphatic carbocycles. The Balaban J connectivity index is 1.99. The third kappa shape index (κ3) is 2.71. The van der Waals surface area contributed by atoms with E-state index in [0.717, 1.165) is 5.56 Å². The highest BCUT2D eigenvalue weighted by Crippen LogP contribution is 2.12. The van der Waals surface area contributed by atoms with Gasteiger partial charge >= 0.3 is 0 Å². The highest BCUT2D eigenvalue weighted by atomic mass is 16.2. The molecule has 0 saturated heterocycles. The van der Waals surface area contributed by atoms with E-state index in [9.17, 15) is 4.79 Å². The van der Waals surface area contributed by atoms with Crippen molar-refractivity contribution in [3.8, 4) is 0 Å². The van der Waals surface area contributed by atoms with E-state index in [-0.39, 0.29) is 18.0 Å². The maximum atomic E-state index is 12.0. The lowest BCUT2D eigenvalue weighted by Crippen LogP contribution is -2.33. The minimum Gasteiger partial charge on any atom is -0.348 e. The quantitative estimate of drug-likeness (QED) is 0.875. The number of rotatable bonds is 4. The zero-order chi connectivity index (χ0) is 13.0. The minimum atomic E-state index is -0.378. The van der Waals surface area contributed by atoms with Gasteiger partial charge in [-0.25, -0.2) is 9.67 Å². The van der Waals surface area contributed by atoms with Gasteiger partial charge in [0.05, 0.1) is 6.04 Å². The Morgan fingerprint density at radius 2 is 2.00 bits per heavy atom. The normalized spacial score (nSPS) is 13.9. The molecule has 6 heteroatoms. The average molecular weight is 245 g/mol. The number of amides is 1. The molecule has 0 bridgehead atoms. The lowest BCUT2D eigenvalue weighted by atomic mass is 10.1. The molecule has 18 heavy (non-hydrogen) atoms. The van der Waals surface area contributed by atoms with Gasteiger partial charge in [0.15, 0.2) is 0 Å². The van der Waals surface area contributed by atoms with Gasteiger partial charge in [0.25, 0.3) is 0 Å². The number of carbonyl (C=O) groups is 1. The summed E-state index contributed by atoms with van der Waals surface area (Å²) in [7, 11) is 0. The molecule has 0 aliphatic rings. The first-order valence-corrected chi connectivity index (χ1v) is 5.73. The molecule has 0 aromatic carbocycles. The third-order valence-corrected chi connectivity index (χ3v) is 2.78. The Bertz CT molecular complexity index is 496. The summed E-state index contributed by atoms with van der Waals surface area (Å²) in [6.45, 7) is 3.71. The van der Waals surface area contributed by atoms with Crippen LogP contribution in [0.4, 0.5) is 0 Å². The van der Waals surface area contributed by atoms with Crippen molar-refractivity contribution in [1.82, 2.24) is 25.1 Å². The Morgan fingerprint density at radius 3 is 2.61 bits per heavy atom. The van der Waals surface area contributed by atoms with Crippen LogP contribution in [0.15, 0.2) is 37.2 Å². The first-order valence-electron chi connectivity index (χ1n) is 5.73. The predicted molar refractivity (Wildman–Crippen MR) is 65.5 cm³/mol. The number of pyridine rings is 1. The van der Waals surface area contributed by atoms with Crippen molar-refractivity contribution in [3.05, 3.63) is 42.7 Å². The summed E-state index contributed by atoms with van der Waals surface area (Å²) in [6, 6.07) is 3.32. The first kappa shape index (κ1) is 12.2. The predicted octanol–water partition coefficient (Wildman–Crippen LogP) is 1.11. The Labute approximate surface area is 105 Å². The van der Waals surface area contributed by atoms with Crippen molar-refractivity contribution >= 4 is 5.91 Å². The molecule has 0 fully saturated rings. The zero-order valence-corrected chi connectivity index (χ0v) is 10.3. The maximum Gasteiger partial charge on any atom is 0.245 e. The standard InChI is InChI=1S/C12H15N5O/c1-9(11-3-5-13-6-4-11)16-12(18)10(2)17-8-14-7-15-17/h3-10H,1-2H3,(H,16,18)/t9-,10+/m0/s1. The van der Waals surface area contributed by atoms with E-state index in [0.29, 0.717) is 0 Å². The summed E-state index contributed by atoms with van der Waals surface area (Å²) in [4.78, 5) is 19.8. The molecule has 0 aliphatic heterocycles. The highest BCUT2D eigenvalue weighted by Gasteiger charge is 2.17. The molecule has 0 radical (unpaired) electrons. The summed E-state index contributed by atoms with van der Waals surface area (Å²) < 4.78 is 1.52. The van der Waals surface area contributed by atoms with Crippen molar-refractivity contribution in [2.24, 2.45) is 0 Å².